The molecule has 0 N–H and O–H groups in total. The average Bonchev–Trinajstić information content (AvgIpc) is 2.79. The van der Waals surface area contributed by atoms with Crippen molar-refractivity contribution in [3.63, 3.8) is 0 Å². The molecule has 0 aliphatic rings. The van der Waals surface area contributed by atoms with Crippen molar-refractivity contribution in [3.05, 3.63) is 107 Å². The molecule has 4 rings (SSSR count). The first-order chi connectivity index (χ1) is 14.2. The second-order valence-corrected chi connectivity index (χ2v) is 7.59. The average molecular weight is 443 g/mol. The lowest BCUT2D eigenvalue weighted by atomic mass is 9.91. The third kappa shape index (κ3) is 4.01. The molecule has 3 heteroatoms. The zero-order valence-corrected chi connectivity index (χ0v) is 17.5. The number of carbonyl (C=O) groups excluding carboxylic acids is 1. The lowest BCUT2D eigenvalue weighted by Crippen LogP contribution is -2.04. The Kier molecular flexibility index (Phi) is 5.59. The van der Waals surface area contributed by atoms with E-state index in [0.29, 0.717) is 5.56 Å². The number of hydrogen-bond donors (Lipinski definition) is 0. The molecule has 0 saturated heterocycles. The fraction of sp³-hybridized carbons (Fsp3) is 0.0385. The molecule has 0 spiro atoms. The first kappa shape index (κ1) is 19.2. The monoisotopic (exact) mass is 442 g/mol. The minimum atomic E-state index is -0.351. The van der Waals surface area contributed by atoms with Crippen molar-refractivity contribution in [2.75, 3.05) is 7.11 Å². The van der Waals surface area contributed by atoms with Crippen LogP contribution in [-0.4, -0.2) is 13.1 Å². The first-order valence-corrected chi connectivity index (χ1v) is 10.1. The van der Waals surface area contributed by atoms with Crippen LogP contribution in [0.15, 0.2) is 102 Å². The summed E-state index contributed by atoms with van der Waals surface area (Å²) in [6.07, 6.45) is 0. The third-order valence-corrected chi connectivity index (χ3v) is 5.40. The van der Waals surface area contributed by atoms with E-state index in [1.807, 2.05) is 48.5 Å². The van der Waals surface area contributed by atoms with Crippen LogP contribution in [0, 0.1) is 0 Å². The van der Waals surface area contributed by atoms with Gasteiger partial charge in [0.1, 0.15) is 0 Å². The summed E-state index contributed by atoms with van der Waals surface area (Å²) in [6, 6.07) is 32.6. The summed E-state index contributed by atoms with van der Waals surface area (Å²) in [5.74, 6) is -0.351. The Bertz CT molecular complexity index is 1150. The molecular weight excluding hydrogens is 424 g/mol. The van der Waals surface area contributed by atoms with E-state index in [-0.39, 0.29) is 5.97 Å². The Balaban J connectivity index is 1.80. The smallest absolute Gasteiger partial charge is 0.338 e. The quantitative estimate of drug-likeness (QED) is 0.311. The molecule has 0 aliphatic carbocycles. The van der Waals surface area contributed by atoms with Crippen LogP contribution >= 0.6 is 15.9 Å². The normalized spacial score (nSPS) is 10.6. The van der Waals surface area contributed by atoms with Gasteiger partial charge in [-0.1, -0.05) is 101 Å². The predicted octanol–water partition coefficient (Wildman–Crippen LogP) is 7.24. The van der Waals surface area contributed by atoms with Gasteiger partial charge in [-0.3, -0.25) is 0 Å². The van der Waals surface area contributed by atoms with Gasteiger partial charge in [0.15, 0.2) is 0 Å². The van der Waals surface area contributed by atoms with Gasteiger partial charge < -0.3 is 4.74 Å². The second kappa shape index (κ2) is 8.46. The molecule has 0 heterocycles. The predicted molar refractivity (Wildman–Crippen MR) is 122 cm³/mol. The van der Waals surface area contributed by atoms with E-state index in [4.69, 9.17) is 4.74 Å². The number of ether oxygens (including phenoxy) is 1. The van der Waals surface area contributed by atoms with Crippen LogP contribution in [0.1, 0.15) is 10.4 Å². The molecule has 4 aromatic carbocycles. The lowest BCUT2D eigenvalue weighted by molar-refractivity contribution is 0.0601. The standard InChI is InChI=1S/C26H19BrO2/c1-29-26(28)25-17-21(27)15-16-24(25)23-10-6-5-9-22(23)20-13-11-19(12-14-20)18-7-3-2-4-8-18/h2-17H,1H3. The summed E-state index contributed by atoms with van der Waals surface area (Å²) in [7, 11) is 1.40. The van der Waals surface area contributed by atoms with Gasteiger partial charge in [-0.25, -0.2) is 4.79 Å². The van der Waals surface area contributed by atoms with Crippen LogP contribution in [0.2, 0.25) is 0 Å². The Hall–Kier alpha value is -3.17. The molecule has 0 aromatic heterocycles. The minimum absolute atomic E-state index is 0.351. The van der Waals surface area contributed by atoms with Crippen molar-refractivity contribution in [1.29, 1.82) is 0 Å². The zero-order valence-electron chi connectivity index (χ0n) is 15.9. The van der Waals surface area contributed by atoms with Gasteiger partial charge in [-0.15, -0.1) is 0 Å². The minimum Gasteiger partial charge on any atom is -0.465 e. The van der Waals surface area contributed by atoms with E-state index in [0.717, 1.165) is 26.7 Å². The van der Waals surface area contributed by atoms with Crippen LogP contribution in [0.25, 0.3) is 33.4 Å². The Morgan fingerprint density at radius 1 is 0.655 bits per heavy atom. The number of carbonyl (C=O) groups is 1. The summed E-state index contributed by atoms with van der Waals surface area (Å²) in [6.45, 7) is 0. The molecule has 0 radical (unpaired) electrons. The largest absolute Gasteiger partial charge is 0.465 e. The topological polar surface area (TPSA) is 26.3 Å². The van der Waals surface area contributed by atoms with E-state index >= 15 is 0 Å². The maximum Gasteiger partial charge on any atom is 0.338 e. The van der Waals surface area contributed by atoms with Crippen molar-refractivity contribution in [2.45, 2.75) is 0 Å². The summed E-state index contributed by atoms with van der Waals surface area (Å²) in [4.78, 5) is 12.4. The molecule has 0 atom stereocenters. The van der Waals surface area contributed by atoms with E-state index in [1.54, 1.807) is 6.07 Å². The summed E-state index contributed by atoms with van der Waals surface area (Å²) in [5.41, 5.74) is 6.91. The Morgan fingerprint density at radius 2 is 1.24 bits per heavy atom. The van der Waals surface area contributed by atoms with Crippen LogP contribution in [0.3, 0.4) is 0 Å². The number of rotatable bonds is 4. The van der Waals surface area contributed by atoms with Crippen molar-refractivity contribution < 1.29 is 9.53 Å². The number of methoxy groups -OCH3 is 1. The van der Waals surface area contributed by atoms with Crippen molar-refractivity contribution in [2.24, 2.45) is 0 Å². The summed E-state index contributed by atoms with van der Waals surface area (Å²) in [5, 5.41) is 0. The molecule has 0 amide bonds. The highest BCUT2D eigenvalue weighted by molar-refractivity contribution is 9.10. The Labute approximate surface area is 178 Å². The molecule has 2 nitrogen and oxygen atoms in total. The summed E-state index contributed by atoms with van der Waals surface area (Å²) >= 11 is 3.45. The Morgan fingerprint density at radius 3 is 1.93 bits per heavy atom. The fourth-order valence-electron chi connectivity index (χ4n) is 3.47. The van der Waals surface area contributed by atoms with Crippen molar-refractivity contribution in [3.8, 4) is 33.4 Å². The molecule has 4 aromatic rings. The summed E-state index contributed by atoms with van der Waals surface area (Å²) < 4.78 is 5.84. The molecule has 0 bridgehead atoms. The van der Waals surface area contributed by atoms with Crippen molar-refractivity contribution in [1.82, 2.24) is 0 Å². The van der Waals surface area contributed by atoms with Gasteiger partial charge in [-0.05, 0) is 45.5 Å². The highest BCUT2D eigenvalue weighted by Gasteiger charge is 2.17. The number of halogens is 1. The van der Waals surface area contributed by atoms with Gasteiger partial charge in [0, 0.05) is 4.47 Å². The molecule has 0 aliphatic heterocycles. The van der Waals surface area contributed by atoms with Crippen molar-refractivity contribution >= 4 is 21.9 Å². The van der Waals surface area contributed by atoms with E-state index in [9.17, 15) is 4.79 Å². The van der Waals surface area contributed by atoms with E-state index < -0.39 is 0 Å². The molecule has 29 heavy (non-hydrogen) atoms. The number of hydrogen-bond acceptors (Lipinski definition) is 2. The highest BCUT2D eigenvalue weighted by Crippen LogP contribution is 2.36. The molecule has 0 unspecified atom stereocenters. The highest BCUT2D eigenvalue weighted by atomic mass is 79.9. The second-order valence-electron chi connectivity index (χ2n) is 6.67. The van der Waals surface area contributed by atoms with Gasteiger partial charge in [0.25, 0.3) is 0 Å². The van der Waals surface area contributed by atoms with Gasteiger partial charge in [0.2, 0.25) is 0 Å². The van der Waals surface area contributed by atoms with Crippen LogP contribution in [0.5, 0.6) is 0 Å². The maximum absolute atomic E-state index is 12.4. The maximum atomic E-state index is 12.4. The number of esters is 1. The SMILES string of the molecule is COC(=O)c1cc(Br)ccc1-c1ccccc1-c1ccc(-c2ccccc2)cc1. The molecule has 0 saturated carbocycles. The van der Waals surface area contributed by atoms with Gasteiger partial charge in [0.05, 0.1) is 12.7 Å². The first-order valence-electron chi connectivity index (χ1n) is 9.30. The third-order valence-electron chi connectivity index (χ3n) is 4.91. The van der Waals surface area contributed by atoms with Crippen LogP contribution < -0.4 is 0 Å². The van der Waals surface area contributed by atoms with Gasteiger partial charge >= 0.3 is 5.97 Å². The number of benzene rings is 4. The zero-order chi connectivity index (χ0) is 20.2. The van der Waals surface area contributed by atoms with E-state index in [1.165, 1.54) is 18.2 Å². The van der Waals surface area contributed by atoms with E-state index in [2.05, 4.69) is 58.4 Å². The fourth-order valence-corrected chi connectivity index (χ4v) is 3.83. The van der Waals surface area contributed by atoms with Crippen LogP contribution in [-0.2, 0) is 4.74 Å². The lowest BCUT2D eigenvalue weighted by Gasteiger charge is -2.14. The molecule has 142 valence electrons. The molecular formula is C26H19BrO2. The molecule has 0 fully saturated rings. The van der Waals surface area contributed by atoms with Gasteiger partial charge in [-0.2, -0.15) is 0 Å². The van der Waals surface area contributed by atoms with Crippen LogP contribution in [0.4, 0.5) is 0 Å².